The van der Waals surface area contributed by atoms with Gasteiger partial charge >= 0.3 is 17.9 Å². The molecule has 1 fully saturated rings. The van der Waals surface area contributed by atoms with Crippen LogP contribution >= 0.6 is 11.6 Å². The van der Waals surface area contributed by atoms with E-state index in [4.69, 9.17) is 37.0 Å². The number of carboxylic acid groups (broad SMARTS) is 2. The third-order valence-corrected chi connectivity index (χ3v) is 7.73. The number of nitrogens with two attached hydrogens (primary N) is 1. The van der Waals surface area contributed by atoms with Crippen LogP contribution in [0.1, 0.15) is 67.4 Å². The molecule has 46 heavy (non-hydrogen) atoms. The normalized spacial score (nSPS) is 15.5. The molecule has 0 bridgehead atoms. The van der Waals surface area contributed by atoms with Gasteiger partial charge in [-0.3, -0.25) is 0 Å². The highest BCUT2D eigenvalue weighted by atomic mass is 35.5. The predicted molar refractivity (Wildman–Crippen MR) is 181 cm³/mol. The van der Waals surface area contributed by atoms with Crippen LogP contribution in [0.25, 0.3) is 0 Å². The fourth-order valence-corrected chi connectivity index (χ4v) is 4.88. The number of anilines is 1. The van der Waals surface area contributed by atoms with Crippen molar-refractivity contribution in [3.8, 4) is 0 Å². The minimum atomic E-state index is -1.26. The fourth-order valence-electron chi connectivity index (χ4n) is 4.75. The van der Waals surface area contributed by atoms with Crippen LogP contribution < -0.4 is 5.73 Å². The Balaban J connectivity index is 0.000000283. The number of carbonyl (C=O) groups is 3. The molecule has 248 valence electrons. The Morgan fingerprint density at radius 2 is 1.52 bits per heavy atom. The molecule has 0 radical (unpaired) electrons. The second-order valence-electron chi connectivity index (χ2n) is 10.9. The van der Waals surface area contributed by atoms with E-state index in [1.165, 1.54) is 24.9 Å². The zero-order valence-electron chi connectivity index (χ0n) is 26.7. The van der Waals surface area contributed by atoms with E-state index in [1.807, 2.05) is 18.2 Å². The lowest BCUT2D eigenvalue weighted by molar-refractivity contribution is -0.134. The Morgan fingerprint density at radius 3 is 2.04 bits per heavy atom. The third-order valence-electron chi connectivity index (χ3n) is 7.48. The number of carboxylic acids is 2. The van der Waals surface area contributed by atoms with Crippen LogP contribution in [0, 0.1) is 0 Å². The molecular formula is C36H45ClN2O7. The van der Waals surface area contributed by atoms with Gasteiger partial charge in [-0.15, -0.1) is 0 Å². The number of hydrogen-bond acceptors (Lipinski definition) is 7. The van der Waals surface area contributed by atoms with Crippen molar-refractivity contribution >= 4 is 35.2 Å². The first-order chi connectivity index (χ1) is 22.0. The van der Waals surface area contributed by atoms with E-state index in [9.17, 15) is 14.4 Å². The summed E-state index contributed by atoms with van der Waals surface area (Å²) in [6, 6.07) is 25.8. The Bertz CT molecular complexity index is 1370. The largest absolute Gasteiger partial charge is 0.478 e. The molecule has 10 heteroatoms. The molecule has 2 atom stereocenters. The van der Waals surface area contributed by atoms with E-state index in [1.54, 1.807) is 24.3 Å². The van der Waals surface area contributed by atoms with Crippen LogP contribution in [0.4, 0.5) is 5.69 Å². The van der Waals surface area contributed by atoms with Crippen LogP contribution in [0.15, 0.2) is 91.0 Å². The topological polar surface area (TPSA) is 139 Å². The molecule has 4 rings (SSSR count). The van der Waals surface area contributed by atoms with Gasteiger partial charge in [0.2, 0.25) is 0 Å². The zero-order valence-corrected chi connectivity index (χ0v) is 27.5. The fraction of sp³-hybridized carbons (Fsp3) is 0.361. The monoisotopic (exact) mass is 652 g/mol. The summed E-state index contributed by atoms with van der Waals surface area (Å²) in [5.41, 5.74) is 8.55. The number of aliphatic carboxylic acids is 2. The van der Waals surface area contributed by atoms with Gasteiger partial charge in [0.05, 0.1) is 12.2 Å². The Kier molecular flexibility index (Phi) is 16.6. The molecule has 1 aliphatic heterocycles. The highest BCUT2D eigenvalue weighted by Crippen LogP contribution is 2.34. The number of hydrogen-bond donors (Lipinski definition) is 3. The summed E-state index contributed by atoms with van der Waals surface area (Å²) in [6.45, 7) is 6.65. The first-order valence-corrected chi connectivity index (χ1v) is 15.7. The van der Waals surface area contributed by atoms with E-state index >= 15 is 0 Å². The number of nitrogens with zero attached hydrogens (tertiary/aromatic N) is 1. The number of ether oxygens (including phenoxy) is 2. The van der Waals surface area contributed by atoms with Crippen LogP contribution in [-0.2, 0) is 24.7 Å². The van der Waals surface area contributed by atoms with Crippen LogP contribution in [0.2, 0.25) is 5.02 Å². The molecule has 0 spiro atoms. The molecule has 0 amide bonds. The van der Waals surface area contributed by atoms with Crippen molar-refractivity contribution in [3.05, 3.63) is 113 Å². The SMILES string of the molecule is CCCCOC(=O)c1ccc(N)cc1.CN1CCCC1CCOC(C)(c1ccccc1)c1ccc(Cl)cc1.O=C(O)C=CC(=O)O. The highest BCUT2D eigenvalue weighted by molar-refractivity contribution is 6.30. The highest BCUT2D eigenvalue weighted by Gasteiger charge is 2.30. The summed E-state index contributed by atoms with van der Waals surface area (Å²) >= 11 is 6.07. The smallest absolute Gasteiger partial charge is 0.338 e. The maximum Gasteiger partial charge on any atom is 0.338 e. The molecule has 1 saturated heterocycles. The molecule has 1 heterocycles. The van der Waals surface area contributed by atoms with Crippen molar-refractivity contribution in [1.82, 2.24) is 4.90 Å². The van der Waals surface area contributed by atoms with Gasteiger partial charge < -0.3 is 30.3 Å². The van der Waals surface area contributed by atoms with E-state index < -0.39 is 17.5 Å². The summed E-state index contributed by atoms with van der Waals surface area (Å²) in [6.07, 6.45) is 6.70. The van der Waals surface area contributed by atoms with Crippen LogP contribution in [0.3, 0.4) is 0 Å². The standard InChI is InChI=1S/C21H26ClNO.C11H15NO2.C4H4O4/c1-21(17-7-4-3-5-8-17,18-10-12-19(22)13-11-18)24-16-14-20-9-6-15-23(20)2;1-2-3-8-14-11(13)9-4-6-10(12)7-5-9;5-3(6)1-2-4(7)8/h3-5,7-8,10-13,20H,6,9,14-16H2,1-2H3;4-7H,2-3,8,12H2,1H3;1-2H,(H,5,6)(H,7,8). The molecule has 0 aromatic heterocycles. The molecule has 0 saturated carbocycles. The minimum absolute atomic E-state index is 0.279. The van der Waals surface area contributed by atoms with Gasteiger partial charge in [-0.05, 0) is 93.7 Å². The molecule has 2 unspecified atom stereocenters. The van der Waals surface area contributed by atoms with Gasteiger partial charge in [0.15, 0.2) is 0 Å². The maximum atomic E-state index is 11.4. The Hall–Kier alpha value is -4.18. The van der Waals surface area contributed by atoms with Crippen molar-refractivity contribution in [3.63, 3.8) is 0 Å². The van der Waals surface area contributed by atoms with Crippen molar-refractivity contribution in [1.29, 1.82) is 0 Å². The van der Waals surface area contributed by atoms with E-state index in [-0.39, 0.29) is 5.97 Å². The number of carbonyl (C=O) groups excluding carboxylic acids is 1. The average Bonchev–Trinajstić information content (AvgIpc) is 3.46. The van der Waals surface area contributed by atoms with Gasteiger partial charge in [-0.2, -0.15) is 0 Å². The van der Waals surface area contributed by atoms with E-state index in [0.717, 1.165) is 36.5 Å². The summed E-state index contributed by atoms with van der Waals surface area (Å²) < 4.78 is 11.5. The molecule has 3 aromatic rings. The molecule has 4 N–H and O–H groups in total. The van der Waals surface area contributed by atoms with E-state index in [0.29, 0.717) is 36.1 Å². The Labute approximate surface area is 276 Å². The number of esters is 1. The van der Waals surface area contributed by atoms with Crippen LogP contribution in [-0.4, -0.2) is 65.9 Å². The lowest BCUT2D eigenvalue weighted by atomic mass is 9.88. The summed E-state index contributed by atoms with van der Waals surface area (Å²) in [4.78, 5) is 32.9. The number of unbranched alkanes of at least 4 members (excludes halogenated alkanes) is 1. The first-order valence-electron chi connectivity index (χ1n) is 15.3. The van der Waals surface area contributed by atoms with Crippen molar-refractivity contribution < 1.29 is 34.1 Å². The Morgan fingerprint density at radius 1 is 0.935 bits per heavy atom. The lowest BCUT2D eigenvalue weighted by Gasteiger charge is -2.32. The van der Waals surface area contributed by atoms with Gasteiger partial charge in [0.25, 0.3) is 0 Å². The number of likely N-dealkylation sites (tertiary alicyclic amines) is 1. The molecule has 3 aromatic carbocycles. The molecular weight excluding hydrogens is 608 g/mol. The molecule has 0 aliphatic carbocycles. The first kappa shape index (κ1) is 38.0. The second kappa shape index (κ2) is 20.0. The van der Waals surface area contributed by atoms with Gasteiger partial charge in [-0.1, -0.05) is 67.4 Å². The number of halogens is 1. The maximum absolute atomic E-state index is 11.4. The zero-order chi connectivity index (χ0) is 34.0. The third kappa shape index (κ3) is 13.4. The molecule has 1 aliphatic rings. The quantitative estimate of drug-likeness (QED) is 0.0813. The summed E-state index contributed by atoms with van der Waals surface area (Å²) in [5, 5.41) is 16.4. The summed E-state index contributed by atoms with van der Waals surface area (Å²) in [5.74, 6) is -2.79. The lowest BCUT2D eigenvalue weighted by Crippen LogP contribution is -2.31. The number of benzene rings is 3. The van der Waals surface area contributed by atoms with E-state index in [2.05, 4.69) is 62.2 Å². The predicted octanol–water partition coefficient (Wildman–Crippen LogP) is 7.04. The van der Waals surface area contributed by atoms with Crippen molar-refractivity contribution in [2.75, 3.05) is 32.5 Å². The van der Waals surface area contributed by atoms with Gasteiger partial charge in [-0.25, -0.2) is 14.4 Å². The van der Waals surface area contributed by atoms with Crippen molar-refractivity contribution in [2.24, 2.45) is 0 Å². The number of rotatable bonds is 12. The minimum Gasteiger partial charge on any atom is -0.478 e. The van der Waals surface area contributed by atoms with Crippen molar-refractivity contribution in [2.45, 2.75) is 57.6 Å². The summed E-state index contributed by atoms with van der Waals surface area (Å²) in [7, 11) is 2.22. The van der Waals surface area contributed by atoms with Crippen LogP contribution in [0.5, 0.6) is 0 Å². The average molecular weight is 653 g/mol. The van der Waals surface area contributed by atoms with Gasteiger partial charge in [0.1, 0.15) is 5.60 Å². The van der Waals surface area contributed by atoms with Gasteiger partial charge in [0, 0.05) is 35.5 Å². The number of nitrogen functional groups attached to an aromatic ring is 1. The molecule has 9 nitrogen and oxygen atoms in total. The second-order valence-corrected chi connectivity index (χ2v) is 11.4.